The Labute approximate surface area is 112 Å². The first-order chi connectivity index (χ1) is 8.36. The van der Waals surface area contributed by atoms with Crippen LogP contribution < -0.4 is 5.56 Å². The smallest absolute Gasteiger partial charge is 0.301 e. The van der Waals surface area contributed by atoms with Crippen LogP contribution in [0, 0.1) is 16.0 Å². The first-order valence-electron chi connectivity index (χ1n) is 5.43. The van der Waals surface area contributed by atoms with Crippen molar-refractivity contribution in [3.63, 3.8) is 0 Å². The number of nitrogens with zero attached hydrogens (tertiary/aromatic N) is 2. The van der Waals surface area contributed by atoms with E-state index in [9.17, 15) is 19.7 Å². The van der Waals surface area contributed by atoms with E-state index in [-0.39, 0.29) is 18.2 Å². The zero-order valence-corrected chi connectivity index (χ0v) is 11.6. The van der Waals surface area contributed by atoms with Crippen LogP contribution >= 0.6 is 15.9 Å². The van der Waals surface area contributed by atoms with Crippen LogP contribution in [0.1, 0.15) is 20.3 Å². The topological polar surface area (TPSA) is 82.2 Å². The fourth-order valence-corrected chi connectivity index (χ4v) is 1.85. The molecule has 0 amide bonds. The number of ketones is 1. The number of nitro groups is 1. The fourth-order valence-electron chi connectivity index (χ4n) is 1.38. The minimum atomic E-state index is -0.764. The molecule has 0 aliphatic heterocycles. The summed E-state index contributed by atoms with van der Waals surface area (Å²) in [7, 11) is 0. The Balaban J connectivity index is 3.14. The molecule has 6 nitrogen and oxygen atoms in total. The van der Waals surface area contributed by atoms with Crippen molar-refractivity contribution in [2.24, 2.45) is 5.92 Å². The van der Waals surface area contributed by atoms with Gasteiger partial charge in [-0.25, -0.2) is 0 Å². The molecule has 0 saturated heterocycles. The lowest BCUT2D eigenvalue weighted by molar-refractivity contribution is -0.386. The van der Waals surface area contributed by atoms with Crippen LogP contribution in [-0.2, 0) is 11.3 Å². The molecule has 0 aliphatic rings. The summed E-state index contributed by atoms with van der Waals surface area (Å²) >= 11 is 3.08. The van der Waals surface area contributed by atoms with Gasteiger partial charge in [-0.1, -0.05) is 13.8 Å². The summed E-state index contributed by atoms with van der Waals surface area (Å²) < 4.78 is 1.46. The van der Waals surface area contributed by atoms with Crippen molar-refractivity contribution in [1.82, 2.24) is 4.57 Å². The average molecular weight is 317 g/mol. The summed E-state index contributed by atoms with van der Waals surface area (Å²) in [6, 6.07) is 1.13. The Morgan fingerprint density at radius 3 is 2.72 bits per heavy atom. The predicted molar refractivity (Wildman–Crippen MR) is 69.5 cm³/mol. The van der Waals surface area contributed by atoms with Crippen molar-refractivity contribution in [3.05, 3.63) is 37.2 Å². The normalized spacial score (nSPS) is 12.2. The highest BCUT2D eigenvalue weighted by Crippen LogP contribution is 2.14. The second-order valence-corrected chi connectivity index (χ2v) is 4.93. The quantitative estimate of drug-likeness (QED) is 0.615. The highest BCUT2D eigenvalue weighted by Gasteiger charge is 2.18. The number of rotatable bonds is 5. The van der Waals surface area contributed by atoms with Gasteiger partial charge >= 0.3 is 11.2 Å². The fraction of sp³-hybridized carbons (Fsp3) is 0.455. The van der Waals surface area contributed by atoms with Crippen molar-refractivity contribution in [2.75, 3.05) is 0 Å². The van der Waals surface area contributed by atoms with E-state index in [1.165, 1.54) is 6.20 Å². The van der Waals surface area contributed by atoms with E-state index in [1.54, 1.807) is 6.92 Å². The molecule has 0 spiro atoms. The van der Waals surface area contributed by atoms with Crippen molar-refractivity contribution in [1.29, 1.82) is 0 Å². The lowest BCUT2D eigenvalue weighted by Crippen LogP contribution is -2.27. The highest BCUT2D eigenvalue weighted by atomic mass is 79.9. The molecule has 1 aromatic heterocycles. The third-order valence-corrected chi connectivity index (χ3v) is 3.15. The van der Waals surface area contributed by atoms with E-state index >= 15 is 0 Å². The Kier molecular flexibility index (Phi) is 4.77. The molecule has 7 heteroatoms. The molecule has 1 unspecified atom stereocenters. The highest BCUT2D eigenvalue weighted by molar-refractivity contribution is 9.10. The maximum atomic E-state index is 11.8. The van der Waals surface area contributed by atoms with Gasteiger partial charge in [0.25, 0.3) is 0 Å². The zero-order chi connectivity index (χ0) is 13.9. The van der Waals surface area contributed by atoms with Crippen molar-refractivity contribution in [3.8, 4) is 0 Å². The van der Waals surface area contributed by atoms with Gasteiger partial charge in [0.2, 0.25) is 0 Å². The van der Waals surface area contributed by atoms with E-state index in [4.69, 9.17) is 0 Å². The number of pyridine rings is 1. The molecule has 1 atom stereocenters. The second-order valence-electron chi connectivity index (χ2n) is 4.01. The molecule has 0 radical (unpaired) electrons. The van der Waals surface area contributed by atoms with Gasteiger partial charge in [-0.15, -0.1) is 0 Å². The Hall–Kier alpha value is -1.50. The minimum Gasteiger partial charge on any atom is -0.301 e. The Bertz CT molecular complexity index is 538. The first-order valence-corrected chi connectivity index (χ1v) is 6.23. The molecule has 0 bridgehead atoms. The summed E-state index contributed by atoms with van der Waals surface area (Å²) in [6.07, 6.45) is 2.05. The number of hydrogen-bond acceptors (Lipinski definition) is 4. The number of halogens is 1. The first kappa shape index (κ1) is 14.6. The van der Waals surface area contributed by atoms with Crippen LogP contribution in [0.2, 0.25) is 0 Å². The van der Waals surface area contributed by atoms with E-state index in [1.807, 2.05) is 6.92 Å². The number of carbonyl (C=O) groups excluding carboxylic acids is 1. The summed E-state index contributed by atoms with van der Waals surface area (Å²) in [4.78, 5) is 33.4. The molecule has 0 aromatic carbocycles. The lowest BCUT2D eigenvalue weighted by atomic mass is 10.0. The summed E-state index contributed by atoms with van der Waals surface area (Å²) in [5, 5.41) is 10.7. The predicted octanol–water partition coefficient (Wildman–Crippen LogP) is 2.13. The minimum absolute atomic E-state index is 0.119. The molecule has 0 fully saturated rings. The molecule has 0 saturated carbocycles. The van der Waals surface area contributed by atoms with Gasteiger partial charge < -0.3 is 4.57 Å². The van der Waals surface area contributed by atoms with Gasteiger partial charge in [0, 0.05) is 22.7 Å². The van der Waals surface area contributed by atoms with E-state index in [0.29, 0.717) is 10.9 Å². The Morgan fingerprint density at radius 2 is 2.22 bits per heavy atom. The SMILES string of the molecule is CCC(C)C(=O)Cn1cc(Br)cc([N+](=O)[O-])c1=O. The summed E-state index contributed by atoms with van der Waals surface area (Å²) in [6.45, 7) is 3.49. The van der Waals surface area contributed by atoms with Crippen molar-refractivity contribution in [2.45, 2.75) is 26.8 Å². The van der Waals surface area contributed by atoms with Crippen molar-refractivity contribution >= 4 is 27.4 Å². The standard InChI is InChI=1S/C11H13BrN2O4/c1-3-7(2)10(15)6-13-5-8(12)4-9(11(13)16)14(17)18/h4-5,7H,3,6H2,1-2H3. The third-order valence-electron chi connectivity index (χ3n) is 2.72. The largest absolute Gasteiger partial charge is 0.335 e. The van der Waals surface area contributed by atoms with Crippen molar-refractivity contribution < 1.29 is 9.72 Å². The lowest BCUT2D eigenvalue weighted by Gasteiger charge is -2.09. The van der Waals surface area contributed by atoms with E-state index < -0.39 is 16.2 Å². The van der Waals surface area contributed by atoms with Gasteiger partial charge in [-0.3, -0.25) is 19.7 Å². The van der Waals surface area contributed by atoms with Crippen LogP contribution in [0.5, 0.6) is 0 Å². The van der Waals surface area contributed by atoms with Crippen LogP contribution in [-0.4, -0.2) is 15.3 Å². The van der Waals surface area contributed by atoms with E-state index in [0.717, 1.165) is 10.6 Å². The summed E-state index contributed by atoms with van der Waals surface area (Å²) in [5.41, 5.74) is -1.30. The average Bonchev–Trinajstić information content (AvgIpc) is 2.31. The number of carbonyl (C=O) groups is 1. The number of Topliss-reactive ketones (excluding diaryl/α,β-unsaturated/α-hetero) is 1. The van der Waals surface area contributed by atoms with E-state index in [2.05, 4.69) is 15.9 Å². The zero-order valence-electron chi connectivity index (χ0n) is 10.1. The van der Waals surface area contributed by atoms with Crippen LogP contribution in [0.15, 0.2) is 21.5 Å². The van der Waals surface area contributed by atoms with Gasteiger partial charge in [0.1, 0.15) is 0 Å². The molecule has 1 heterocycles. The van der Waals surface area contributed by atoms with Gasteiger partial charge in [0.15, 0.2) is 5.78 Å². The molecule has 98 valence electrons. The summed E-state index contributed by atoms with van der Waals surface area (Å²) in [5.74, 6) is -0.290. The number of hydrogen-bond donors (Lipinski definition) is 0. The maximum absolute atomic E-state index is 11.8. The van der Waals surface area contributed by atoms with Crippen LogP contribution in [0.4, 0.5) is 5.69 Å². The molecule has 0 N–H and O–H groups in total. The van der Waals surface area contributed by atoms with Crippen LogP contribution in [0.3, 0.4) is 0 Å². The molecule has 0 aliphatic carbocycles. The number of aromatic nitrogens is 1. The van der Waals surface area contributed by atoms with Gasteiger partial charge in [-0.05, 0) is 22.4 Å². The Morgan fingerprint density at radius 1 is 1.61 bits per heavy atom. The van der Waals surface area contributed by atoms with Gasteiger partial charge in [-0.2, -0.15) is 0 Å². The monoisotopic (exact) mass is 316 g/mol. The molecule has 18 heavy (non-hydrogen) atoms. The molecule has 1 aromatic rings. The maximum Gasteiger partial charge on any atom is 0.335 e. The molecule has 1 rings (SSSR count). The van der Waals surface area contributed by atoms with Gasteiger partial charge in [0.05, 0.1) is 11.5 Å². The molecular weight excluding hydrogens is 304 g/mol. The molecular formula is C11H13BrN2O4. The second kappa shape index (κ2) is 5.90. The van der Waals surface area contributed by atoms with Crippen LogP contribution in [0.25, 0.3) is 0 Å². The third kappa shape index (κ3) is 3.25.